The van der Waals surface area contributed by atoms with Crippen LogP contribution in [0.5, 0.6) is 0 Å². The van der Waals surface area contributed by atoms with Gasteiger partial charge in [-0.3, -0.25) is 18.9 Å². The minimum Gasteiger partial charge on any atom is -0.465 e. The van der Waals surface area contributed by atoms with Gasteiger partial charge in [0.25, 0.3) is 5.91 Å². The number of halogens is 5. The highest BCUT2D eigenvalue weighted by Gasteiger charge is 2.48. The molecule has 0 radical (unpaired) electrons. The van der Waals surface area contributed by atoms with E-state index in [1.807, 2.05) is 12.1 Å². The summed E-state index contributed by atoms with van der Waals surface area (Å²) in [5.74, 6) is -0.888. The summed E-state index contributed by atoms with van der Waals surface area (Å²) in [6.07, 6.45) is -2.87. The van der Waals surface area contributed by atoms with Crippen LogP contribution in [0.4, 0.5) is 18.9 Å². The van der Waals surface area contributed by atoms with Gasteiger partial charge in [0.05, 0.1) is 35.1 Å². The highest BCUT2D eigenvalue weighted by atomic mass is 79.9. The van der Waals surface area contributed by atoms with E-state index in [0.717, 1.165) is 16.6 Å². The first-order chi connectivity index (χ1) is 16.4. The molecule has 1 aliphatic rings. The van der Waals surface area contributed by atoms with Crippen molar-refractivity contribution in [3.63, 3.8) is 0 Å². The summed E-state index contributed by atoms with van der Waals surface area (Å²) >= 11 is 10.5. The summed E-state index contributed by atoms with van der Waals surface area (Å²) in [6, 6.07) is 10.4. The maximum atomic E-state index is 13.2. The lowest BCUT2D eigenvalue weighted by molar-refractivity contribution is -0.150. The van der Waals surface area contributed by atoms with Crippen molar-refractivity contribution < 1.29 is 27.5 Å². The van der Waals surface area contributed by atoms with Crippen LogP contribution < -0.4 is 4.31 Å². The van der Waals surface area contributed by atoms with Crippen molar-refractivity contribution in [2.75, 3.05) is 30.3 Å². The van der Waals surface area contributed by atoms with Crippen LogP contribution in [0.25, 0.3) is 0 Å². The predicted molar refractivity (Wildman–Crippen MR) is 134 cm³/mol. The quantitative estimate of drug-likeness (QED) is 0.291. The number of rotatable bonds is 7. The van der Waals surface area contributed by atoms with Crippen molar-refractivity contribution in [1.29, 1.82) is 0 Å². The van der Waals surface area contributed by atoms with Gasteiger partial charge in [-0.15, -0.1) is 0 Å². The number of carbonyl (C=O) groups excluding carboxylic acids is 2. The molecule has 1 unspecified atom stereocenters. The molecule has 1 atom stereocenters. The summed E-state index contributed by atoms with van der Waals surface area (Å²) in [5, 5.41) is 5.36. The van der Waals surface area contributed by atoms with Crippen LogP contribution in [0.2, 0.25) is 5.02 Å². The van der Waals surface area contributed by atoms with E-state index in [1.54, 1.807) is 32.2 Å². The zero-order valence-corrected chi connectivity index (χ0v) is 22.2. The smallest absolute Gasteiger partial charge is 0.417 e. The zero-order chi connectivity index (χ0) is 26.0. The Bertz CT molecular complexity index is 1150. The van der Waals surface area contributed by atoms with Gasteiger partial charge in [-0.2, -0.15) is 18.3 Å². The summed E-state index contributed by atoms with van der Waals surface area (Å²) in [7, 11) is 0. The number of ether oxygens (including phenoxy) is 1. The molecule has 1 heterocycles. The monoisotopic (exact) mass is 591 g/mol. The molecule has 2 aromatic carbocycles. The first kappa shape index (κ1) is 27.3. The van der Waals surface area contributed by atoms with Gasteiger partial charge in [-0.1, -0.05) is 33.6 Å². The van der Waals surface area contributed by atoms with E-state index in [9.17, 15) is 22.8 Å². The van der Waals surface area contributed by atoms with Crippen molar-refractivity contribution >= 4 is 62.8 Å². The van der Waals surface area contributed by atoms with Crippen molar-refractivity contribution in [2.45, 2.75) is 20.0 Å². The number of anilines is 1. The number of hydrogen-bond donors (Lipinski definition) is 0. The molecule has 0 saturated carbocycles. The fourth-order valence-electron chi connectivity index (χ4n) is 3.69. The summed E-state index contributed by atoms with van der Waals surface area (Å²) in [6.45, 7) is 3.19. The number of esters is 1. The van der Waals surface area contributed by atoms with Gasteiger partial charge in [0.2, 0.25) is 0 Å². The predicted octanol–water partition coefficient (Wildman–Crippen LogP) is 6.02. The van der Waals surface area contributed by atoms with E-state index in [4.69, 9.17) is 16.3 Å². The fourth-order valence-corrected chi connectivity index (χ4v) is 4.83. The molecule has 1 aliphatic heterocycles. The first-order valence-corrected chi connectivity index (χ1v) is 12.8. The second-order valence-corrected chi connectivity index (χ2v) is 9.92. The van der Waals surface area contributed by atoms with Gasteiger partial charge in [0, 0.05) is 16.3 Å². The third-order valence-corrected chi connectivity index (χ3v) is 6.95. The van der Waals surface area contributed by atoms with Gasteiger partial charge in [0.15, 0.2) is 0 Å². The van der Waals surface area contributed by atoms with Crippen molar-refractivity contribution in [2.24, 2.45) is 10.5 Å². The Hall–Kier alpha value is -2.24. The molecule has 2 aromatic rings. The van der Waals surface area contributed by atoms with Crippen LogP contribution in [0, 0.1) is 5.41 Å². The number of hydrogen-bond acceptors (Lipinski definition) is 6. The van der Waals surface area contributed by atoms with Crippen LogP contribution in [0.1, 0.15) is 25.0 Å². The van der Waals surface area contributed by atoms with Crippen LogP contribution >= 0.6 is 39.5 Å². The molecular formula is C23H22BrClF3N3O3S. The molecule has 35 heavy (non-hydrogen) atoms. The van der Waals surface area contributed by atoms with Gasteiger partial charge in [0.1, 0.15) is 12.0 Å². The average molecular weight is 593 g/mol. The molecule has 12 heteroatoms. The molecule has 3 rings (SSSR count). The Balaban J connectivity index is 1.94. The number of hydrazone groups is 1. The molecule has 6 nitrogen and oxygen atoms in total. The molecular weight excluding hydrogens is 571 g/mol. The molecule has 1 amide bonds. The number of carbonyl (C=O) groups is 2. The number of benzene rings is 2. The average Bonchev–Trinajstić information content (AvgIpc) is 3.12. The van der Waals surface area contributed by atoms with E-state index in [2.05, 4.69) is 21.0 Å². The van der Waals surface area contributed by atoms with Crippen LogP contribution in [-0.4, -0.2) is 48.5 Å². The SMILES string of the molecule is CCOC(=O)C1(C)CN(CC(=O)N(SC)c2ccc(Br)cc2)N=C1c1ccc(C(F)(F)F)c(Cl)c1. The van der Waals surface area contributed by atoms with Crippen molar-refractivity contribution in [3.05, 3.63) is 63.1 Å². The Morgan fingerprint density at radius 2 is 1.91 bits per heavy atom. The van der Waals surface area contributed by atoms with Crippen molar-refractivity contribution in [1.82, 2.24) is 5.01 Å². The van der Waals surface area contributed by atoms with Crippen LogP contribution in [0.15, 0.2) is 52.0 Å². The topological polar surface area (TPSA) is 62.2 Å². The fraction of sp³-hybridized carbons (Fsp3) is 0.348. The minimum absolute atomic E-state index is 0.00804. The Morgan fingerprint density at radius 3 is 2.46 bits per heavy atom. The van der Waals surface area contributed by atoms with E-state index < -0.39 is 28.1 Å². The van der Waals surface area contributed by atoms with Crippen LogP contribution in [-0.2, 0) is 20.5 Å². The Labute approximate surface area is 218 Å². The largest absolute Gasteiger partial charge is 0.465 e. The standard InChI is InChI=1S/C23H22BrClF3N3O3S/c1-4-34-21(33)22(2)13-30(12-19(32)31(35-3)16-8-6-15(24)7-9-16)29-20(22)14-5-10-17(18(25)11-14)23(26,27)28/h5-11H,4,12-13H2,1-3H3. The highest BCUT2D eigenvalue weighted by Crippen LogP contribution is 2.38. The Kier molecular flexibility index (Phi) is 8.44. The molecule has 0 N–H and O–H groups in total. The summed E-state index contributed by atoms with van der Waals surface area (Å²) < 4.78 is 47.1. The zero-order valence-electron chi connectivity index (χ0n) is 19.0. The lowest BCUT2D eigenvalue weighted by Crippen LogP contribution is -2.42. The van der Waals surface area contributed by atoms with E-state index >= 15 is 0 Å². The van der Waals surface area contributed by atoms with Gasteiger partial charge >= 0.3 is 12.1 Å². The van der Waals surface area contributed by atoms with E-state index in [-0.39, 0.29) is 36.9 Å². The highest BCUT2D eigenvalue weighted by molar-refractivity contribution is 9.10. The normalized spacial score (nSPS) is 17.8. The van der Waals surface area contributed by atoms with E-state index in [0.29, 0.717) is 5.69 Å². The minimum atomic E-state index is -4.62. The maximum absolute atomic E-state index is 13.2. The third-order valence-electron chi connectivity index (χ3n) is 5.32. The molecule has 0 saturated heterocycles. The van der Waals surface area contributed by atoms with Crippen LogP contribution in [0.3, 0.4) is 0 Å². The van der Waals surface area contributed by atoms with Crippen molar-refractivity contribution in [3.8, 4) is 0 Å². The maximum Gasteiger partial charge on any atom is 0.417 e. The molecule has 0 bridgehead atoms. The van der Waals surface area contributed by atoms with Gasteiger partial charge < -0.3 is 4.74 Å². The molecule has 188 valence electrons. The van der Waals surface area contributed by atoms with Gasteiger partial charge in [-0.25, -0.2) is 0 Å². The summed E-state index contributed by atoms with van der Waals surface area (Å²) in [4.78, 5) is 26.0. The second kappa shape index (κ2) is 10.8. The second-order valence-electron chi connectivity index (χ2n) is 7.86. The lowest BCUT2D eigenvalue weighted by atomic mass is 9.82. The van der Waals surface area contributed by atoms with Gasteiger partial charge in [-0.05, 0) is 62.2 Å². The molecule has 0 aliphatic carbocycles. The first-order valence-electron chi connectivity index (χ1n) is 10.4. The lowest BCUT2D eigenvalue weighted by Gasteiger charge is -2.26. The molecule has 0 aromatic heterocycles. The number of nitrogens with zero attached hydrogens (tertiary/aromatic N) is 3. The molecule has 0 spiro atoms. The number of alkyl halides is 3. The third kappa shape index (κ3) is 5.95. The Morgan fingerprint density at radius 1 is 1.26 bits per heavy atom. The molecule has 0 fully saturated rings. The van der Waals surface area contributed by atoms with E-state index in [1.165, 1.54) is 27.3 Å². The number of amides is 1. The summed E-state index contributed by atoms with van der Waals surface area (Å²) in [5.41, 5.74) is -1.23.